The molecule has 0 aromatic heterocycles. The van der Waals surface area contributed by atoms with Crippen molar-refractivity contribution in [3.8, 4) is 0 Å². The van der Waals surface area contributed by atoms with Gasteiger partial charge in [-0.25, -0.2) is 0 Å². The van der Waals surface area contributed by atoms with Gasteiger partial charge in [-0.15, -0.1) is 0 Å². The summed E-state index contributed by atoms with van der Waals surface area (Å²) in [4.78, 5) is 15.0. The van der Waals surface area contributed by atoms with Crippen LogP contribution in [0.5, 0.6) is 0 Å². The molecule has 1 heterocycles. The van der Waals surface area contributed by atoms with Gasteiger partial charge in [0, 0.05) is 17.6 Å². The Kier molecular flexibility index (Phi) is 3.58. The van der Waals surface area contributed by atoms with Crippen molar-refractivity contribution in [2.24, 2.45) is 5.92 Å². The number of carbonyl (C=O) groups is 1. The predicted molar refractivity (Wildman–Crippen MR) is 77.1 cm³/mol. The third kappa shape index (κ3) is 2.41. The van der Waals surface area contributed by atoms with E-state index in [1.54, 1.807) is 0 Å². The minimum absolute atomic E-state index is 0.240. The molecule has 0 spiro atoms. The van der Waals surface area contributed by atoms with Crippen LogP contribution in [0.2, 0.25) is 0 Å². The molecule has 3 unspecified atom stereocenters. The van der Waals surface area contributed by atoms with Crippen LogP contribution in [0.3, 0.4) is 0 Å². The Morgan fingerprint density at radius 2 is 1.79 bits per heavy atom. The van der Waals surface area contributed by atoms with Crippen molar-refractivity contribution in [3.05, 3.63) is 35.9 Å². The number of rotatable bonds is 1. The fourth-order valence-corrected chi connectivity index (χ4v) is 3.89. The molecule has 19 heavy (non-hydrogen) atoms. The van der Waals surface area contributed by atoms with E-state index in [4.69, 9.17) is 0 Å². The molecule has 1 aliphatic carbocycles. The summed E-state index contributed by atoms with van der Waals surface area (Å²) in [6.07, 6.45) is 7.63. The van der Waals surface area contributed by atoms with Crippen molar-refractivity contribution in [2.45, 2.75) is 57.5 Å². The molecule has 3 rings (SSSR count). The third-order valence-electron chi connectivity index (χ3n) is 4.91. The van der Waals surface area contributed by atoms with Crippen LogP contribution >= 0.6 is 0 Å². The van der Waals surface area contributed by atoms with Gasteiger partial charge in [-0.2, -0.15) is 0 Å². The number of nitrogens with zero attached hydrogens (tertiary/aromatic N) is 1. The Balaban J connectivity index is 1.86. The van der Waals surface area contributed by atoms with E-state index in [0.29, 0.717) is 12.1 Å². The van der Waals surface area contributed by atoms with E-state index < -0.39 is 0 Å². The molecule has 2 fully saturated rings. The van der Waals surface area contributed by atoms with Gasteiger partial charge in [0.05, 0.1) is 0 Å². The lowest BCUT2D eigenvalue weighted by Gasteiger charge is -2.47. The maximum Gasteiger partial charge on any atom is 0.254 e. The molecule has 2 nitrogen and oxygen atoms in total. The first-order valence-electron chi connectivity index (χ1n) is 7.65. The summed E-state index contributed by atoms with van der Waals surface area (Å²) in [5.41, 5.74) is 0.848. The average Bonchev–Trinajstić information content (AvgIpc) is 2.47. The van der Waals surface area contributed by atoms with Gasteiger partial charge in [-0.05, 0) is 50.7 Å². The van der Waals surface area contributed by atoms with Gasteiger partial charge in [0.15, 0.2) is 0 Å². The molecule has 0 bridgehead atoms. The van der Waals surface area contributed by atoms with Crippen molar-refractivity contribution in [3.63, 3.8) is 0 Å². The average molecular weight is 257 g/mol. The van der Waals surface area contributed by atoms with Crippen LogP contribution in [0.1, 0.15) is 55.8 Å². The molecule has 1 aromatic rings. The Morgan fingerprint density at radius 1 is 1.05 bits per heavy atom. The van der Waals surface area contributed by atoms with Crippen molar-refractivity contribution < 1.29 is 4.79 Å². The lowest BCUT2D eigenvalue weighted by atomic mass is 9.76. The summed E-state index contributed by atoms with van der Waals surface area (Å²) < 4.78 is 0. The molecule has 102 valence electrons. The minimum atomic E-state index is 0.240. The van der Waals surface area contributed by atoms with E-state index in [9.17, 15) is 4.79 Å². The maximum absolute atomic E-state index is 12.8. The van der Waals surface area contributed by atoms with E-state index in [1.165, 1.54) is 38.5 Å². The van der Waals surface area contributed by atoms with Gasteiger partial charge < -0.3 is 4.90 Å². The SMILES string of the molecule is CC1CCC2CCCCC2N1C(=O)c1ccccc1. The molecule has 1 aromatic carbocycles. The quantitative estimate of drug-likeness (QED) is 0.748. The topological polar surface area (TPSA) is 20.3 Å². The lowest BCUT2D eigenvalue weighted by Crippen LogP contribution is -2.53. The van der Waals surface area contributed by atoms with E-state index >= 15 is 0 Å². The fourth-order valence-electron chi connectivity index (χ4n) is 3.89. The Hall–Kier alpha value is -1.31. The van der Waals surface area contributed by atoms with Gasteiger partial charge in [0.1, 0.15) is 0 Å². The lowest BCUT2D eigenvalue weighted by molar-refractivity contribution is 0.0192. The predicted octanol–water partition coefficient (Wildman–Crippen LogP) is 3.87. The molecule has 3 atom stereocenters. The highest BCUT2D eigenvalue weighted by Gasteiger charge is 2.39. The Labute approximate surface area is 115 Å². The van der Waals surface area contributed by atoms with E-state index in [0.717, 1.165) is 11.5 Å². The van der Waals surface area contributed by atoms with Crippen LogP contribution in [0.15, 0.2) is 30.3 Å². The van der Waals surface area contributed by atoms with Crippen molar-refractivity contribution in [1.82, 2.24) is 4.90 Å². The standard InChI is InChI=1S/C17H23NO/c1-13-11-12-14-7-5-6-10-16(14)18(13)17(19)15-8-3-2-4-9-15/h2-4,8-9,13-14,16H,5-7,10-12H2,1H3. The van der Waals surface area contributed by atoms with Gasteiger partial charge >= 0.3 is 0 Å². The number of likely N-dealkylation sites (tertiary alicyclic amines) is 1. The van der Waals surface area contributed by atoms with Gasteiger partial charge in [0.25, 0.3) is 5.91 Å². The summed E-state index contributed by atoms with van der Waals surface area (Å²) in [6.45, 7) is 2.21. The Bertz CT molecular complexity index is 442. The molecular formula is C17H23NO. The molecule has 1 aliphatic heterocycles. The maximum atomic E-state index is 12.8. The van der Waals surface area contributed by atoms with Gasteiger partial charge in [-0.1, -0.05) is 31.0 Å². The molecular weight excluding hydrogens is 234 g/mol. The number of carbonyl (C=O) groups excluding carboxylic acids is 1. The molecule has 1 saturated heterocycles. The fraction of sp³-hybridized carbons (Fsp3) is 0.588. The van der Waals surface area contributed by atoms with Crippen molar-refractivity contribution >= 4 is 5.91 Å². The summed E-state index contributed by atoms with van der Waals surface area (Å²) in [7, 11) is 0. The van der Waals surface area contributed by atoms with E-state index in [1.807, 2.05) is 30.3 Å². The highest BCUT2D eigenvalue weighted by molar-refractivity contribution is 5.94. The van der Waals surface area contributed by atoms with Crippen LogP contribution in [-0.2, 0) is 0 Å². The van der Waals surface area contributed by atoms with Crippen molar-refractivity contribution in [2.75, 3.05) is 0 Å². The van der Waals surface area contributed by atoms with Gasteiger partial charge in [0.2, 0.25) is 0 Å². The molecule has 0 radical (unpaired) electrons. The molecule has 2 aliphatic rings. The van der Waals surface area contributed by atoms with E-state index in [-0.39, 0.29) is 5.91 Å². The zero-order valence-corrected chi connectivity index (χ0v) is 11.7. The first kappa shape index (κ1) is 12.7. The van der Waals surface area contributed by atoms with Gasteiger partial charge in [-0.3, -0.25) is 4.79 Å². The number of piperidine rings is 1. The highest BCUT2D eigenvalue weighted by atomic mass is 16.2. The largest absolute Gasteiger partial charge is 0.333 e. The normalized spacial score (nSPS) is 30.8. The van der Waals surface area contributed by atoms with Crippen LogP contribution in [0.25, 0.3) is 0 Å². The number of fused-ring (bicyclic) bond motifs is 1. The molecule has 1 amide bonds. The number of hydrogen-bond donors (Lipinski definition) is 0. The van der Waals surface area contributed by atoms with Crippen LogP contribution in [0, 0.1) is 5.92 Å². The summed E-state index contributed by atoms with van der Waals surface area (Å²) >= 11 is 0. The number of hydrogen-bond acceptors (Lipinski definition) is 1. The molecule has 0 N–H and O–H groups in total. The van der Waals surface area contributed by atoms with Crippen LogP contribution < -0.4 is 0 Å². The smallest absolute Gasteiger partial charge is 0.254 e. The zero-order chi connectivity index (χ0) is 13.2. The summed E-state index contributed by atoms with van der Waals surface area (Å²) in [5, 5.41) is 0. The second-order valence-corrected chi connectivity index (χ2v) is 6.12. The Morgan fingerprint density at radius 3 is 2.58 bits per heavy atom. The second-order valence-electron chi connectivity index (χ2n) is 6.12. The molecule has 2 heteroatoms. The number of amides is 1. The zero-order valence-electron chi connectivity index (χ0n) is 11.7. The van der Waals surface area contributed by atoms with E-state index in [2.05, 4.69) is 11.8 Å². The first-order valence-corrected chi connectivity index (χ1v) is 7.65. The highest BCUT2D eigenvalue weighted by Crippen LogP contribution is 2.38. The first-order chi connectivity index (χ1) is 9.27. The van der Waals surface area contributed by atoms with Crippen molar-refractivity contribution in [1.29, 1.82) is 0 Å². The second kappa shape index (κ2) is 5.36. The summed E-state index contributed by atoms with van der Waals surface area (Å²) in [6, 6.07) is 10.7. The monoisotopic (exact) mass is 257 g/mol. The van der Waals surface area contributed by atoms with Crippen LogP contribution in [0.4, 0.5) is 0 Å². The molecule has 1 saturated carbocycles. The number of benzene rings is 1. The van der Waals surface area contributed by atoms with Crippen LogP contribution in [-0.4, -0.2) is 22.9 Å². The third-order valence-corrected chi connectivity index (χ3v) is 4.91. The minimum Gasteiger partial charge on any atom is -0.333 e. The summed E-state index contributed by atoms with van der Waals surface area (Å²) in [5.74, 6) is 0.988.